The lowest BCUT2D eigenvalue weighted by Gasteiger charge is -2.21. The Bertz CT molecular complexity index is 723. The number of nitrogens with one attached hydrogen (secondary N) is 2. The summed E-state index contributed by atoms with van der Waals surface area (Å²) in [6.07, 6.45) is 1.23. The van der Waals surface area contributed by atoms with Crippen LogP contribution in [0.1, 0.15) is 29.8 Å². The van der Waals surface area contributed by atoms with E-state index in [1.165, 1.54) is 6.07 Å². The molecule has 2 atom stereocenters. The van der Waals surface area contributed by atoms with E-state index in [0.717, 1.165) is 23.4 Å². The van der Waals surface area contributed by atoms with E-state index in [1.54, 1.807) is 13.1 Å². The number of amides is 2. The number of urea groups is 1. The van der Waals surface area contributed by atoms with Crippen molar-refractivity contribution in [2.45, 2.75) is 32.4 Å². The molecule has 0 aliphatic rings. The summed E-state index contributed by atoms with van der Waals surface area (Å²) < 4.78 is 26.2. The van der Waals surface area contributed by atoms with E-state index >= 15 is 0 Å². The Morgan fingerprint density at radius 1 is 1.24 bits per heavy atom. The van der Waals surface area contributed by atoms with Crippen molar-refractivity contribution in [1.82, 2.24) is 15.6 Å². The molecule has 25 heavy (non-hydrogen) atoms. The molecule has 2 aromatic rings. The third kappa shape index (κ3) is 5.49. The van der Waals surface area contributed by atoms with Gasteiger partial charge in [-0.1, -0.05) is 12.1 Å². The zero-order valence-corrected chi connectivity index (χ0v) is 14.1. The molecule has 0 saturated heterocycles. The van der Waals surface area contributed by atoms with Crippen molar-refractivity contribution < 1.29 is 18.7 Å². The van der Waals surface area contributed by atoms with Gasteiger partial charge in [-0.2, -0.15) is 0 Å². The van der Waals surface area contributed by atoms with Gasteiger partial charge in [0.1, 0.15) is 0 Å². The summed E-state index contributed by atoms with van der Waals surface area (Å²) in [6.45, 7) is 3.88. The number of aliphatic hydroxyl groups excluding tert-OH is 1. The summed E-state index contributed by atoms with van der Waals surface area (Å²) in [6, 6.07) is 5.85. The Labute approximate surface area is 145 Å². The maximum Gasteiger partial charge on any atom is 0.315 e. The summed E-state index contributed by atoms with van der Waals surface area (Å²) in [7, 11) is 0. The first-order valence-corrected chi connectivity index (χ1v) is 7.95. The Balaban J connectivity index is 1.80. The molecule has 1 heterocycles. The minimum atomic E-state index is -1.15. The second-order valence-corrected chi connectivity index (χ2v) is 5.87. The zero-order valence-electron chi connectivity index (χ0n) is 14.1. The standard InChI is InChI=1S/C18H21F2N3O2/c1-11-3-4-13(10-22-11)7-8-21-18(25)23-12(2)17(24)14-5-6-15(19)16(20)9-14/h3-6,9-10,12,17,24H,7-8H2,1-2H3,(H2,21,23,25). The summed E-state index contributed by atoms with van der Waals surface area (Å²) >= 11 is 0. The van der Waals surface area contributed by atoms with Crippen molar-refractivity contribution in [1.29, 1.82) is 0 Å². The Morgan fingerprint density at radius 3 is 2.64 bits per heavy atom. The van der Waals surface area contributed by atoms with Crippen LogP contribution in [0.2, 0.25) is 0 Å². The third-order valence-corrected chi connectivity index (χ3v) is 3.79. The number of hydrogen-bond acceptors (Lipinski definition) is 3. The van der Waals surface area contributed by atoms with Crippen LogP contribution in [0.3, 0.4) is 0 Å². The molecule has 7 heteroatoms. The molecule has 0 aliphatic carbocycles. The van der Waals surface area contributed by atoms with E-state index in [9.17, 15) is 18.7 Å². The molecule has 0 aliphatic heterocycles. The Kier molecular flexibility index (Phi) is 6.41. The van der Waals surface area contributed by atoms with Crippen LogP contribution in [0.5, 0.6) is 0 Å². The third-order valence-electron chi connectivity index (χ3n) is 3.79. The van der Waals surface area contributed by atoms with Crippen LogP contribution in [0, 0.1) is 18.6 Å². The lowest BCUT2D eigenvalue weighted by molar-refractivity contribution is 0.137. The number of benzene rings is 1. The zero-order chi connectivity index (χ0) is 18.4. The monoisotopic (exact) mass is 349 g/mol. The van der Waals surface area contributed by atoms with Crippen LogP contribution in [-0.2, 0) is 6.42 Å². The molecule has 0 spiro atoms. The Hall–Kier alpha value is -2.54. The average molecular weight is 349 g/mol. The maximum absolute atomic E-state index is 13.2. The summed E-state index contributed by atoms with van der Waals surface area (Å²) in [5.41, 5.74) is 2.12. The number of carbonyl (C=O) groups is 1. The predicted molar refractivity (Wildman–Crippen MR) is 90.0 cm³/mol. The number of carbonyl (C=O) groups excluding carboxylic acids is 1. The lowest BCUT2D eigenvalue weighted by Crippen LogP contribution is -2.44. The predicted octanol–water partition coefficient (Wildman–Crippen LogP) is 2.63. The van der Waals surface area contributed by atoms with Crippen LogP contribution < -0.4 is 10.6 Å². The van der Waals surface area contributed by atoms with E-state index in [2.05, 4.69) is 15.6 Å². The van der Waals surface area contributed by atoms with Gasteiger partial charge < -0.3 is 15.7 Å². The number of halogens is 2. The molecule has 0 saturated carbocycles. The van der Waals surface area contributed by atoms with E-state index in [4.69, 9.17) is 0 Å². The van der Waals surface area contributed by atoms with Crippen LogP contribution in [-0.4, -0.2) is 28.7 Å². The number of hydrogen-bond donors (Lipinski definition) is 3. The molecule has 1 aromatic carbocycles. The second-order valence-electron chi connectivity index (χ2n) is 5.87. The van der Waals surface area contributed by atoms with Gasteiger partial charge in [0, 0.05) is 18.4 Å². The first kappa shape index (κ1) is 18.8. The fraction of sp³-hybridized carbons (Fsp3) is 0.333. The number of aliphatic hydroxyl groups is 1. The van der Waals surface area contributed by atoms with E-state index in [0.29, 0.717) is 13.0 Å². The number of aromatic nitrogens is 1. The fourth-order valence-corrected chi connectivity index (χ4v) is 2.29. The minimum absolute atomic E-state index is 0.192. The van der Waals surface area contributed by atoms with Crippen molar-refractivity contribution in [2.75, 3.05) is 6.54 Å². The van der Waals surface area contributed by atoms with Gasteiger partial charge >= 0.3 is 6.03 Å². The molecular weight excluding hydrogens is 328 g/mol. The number of pyridine rings is 1. The summed E-state index contributed by atoms with van der Waals surface area (Å²) in [4.78, 5) is 16.0. The molecule has 3 N–H and O–H groups in total. The molecule has 1 aromatic heterocycles. The topological polar surface area (TPSA) is 74.2 Å². The van der Waals surface area contributed by atoms with Crippen LogP contribution in [0.25, 0.3) is 0 Å². The number of aryl methyl sites for hydroxylation is 1. The van der Waals surface area contributed by atoms with Crippen molar-refractivity contribution in [3.63, 3.8) is 0 Å². The molecule has 2 unspecified atom stereocenters. The lowest BCUT2D eigenvalue weighted by atomic mass is 10.0. The van der Waals surface area contributed by atoms with Crippen molar-refractivity contribution in [3.8, 4) is 0 Å². The Morgan fingerprint density at radius 2 is 2.00 bits per heavy atom. The second kappa shape index (κ2) is 8.53. The summed E-state index contributed by atoms with van der Waals surface area (Å²) in [5.74, 6) is -2.03. The first-order chi connectivity index (χ1) is 11.9. The molecular formula is C18H21F2N3O2. The van der Waals surface area contributed by atoms with Gasteiger partial charge in [0.05, 0.1) is 12.1 Å². The molecule has 2 rings (SSSR count). The van der Waals surface area contributed by atoms with Gasteiger partial charge in [0.2, 0.25) is 0 Å². The molecule has 2 amide bonds. The van der Waals surface area contributed by atoms with Crippen LogP contribution >= 0.6 is 0 Å². The minimum Gasteiger partial charge on any atom is -0.386 e. The fourth-order valence-electron chi connectivity index (χ4n) is 2.29. The smallest absolute Gasteiger partial charge is 0.315 e. The van der Waals surface area contributed by atoms with Gasteiger partial charge in [-0.15, -0.1) is 0 Å². The number of nitrogens with zero attached hydrogens (tertiary/aromatic N) is 1. The highest BCUT2D eigenvalue weighted by Crippen LogP contribution is 2.19. The van der Waals surface area contributed by atoms with Crippen molar-refractivity contribution >= 4 is 6.03 Å². The van der Waals surface area contributed by atoms with E-state index in [1.807, 2.05) is 19.1 Å². The highest BCUT2D eigenvalue weighted by molar-refractivity contribution is 5.74. The average Bonchev–Trinajstić information content (AvgIpc) is 2.58. The van der Waals surface area contributed by atoms with E-state index in [-0.39, 0.29) is 5.56 Å². The highest BCUT2D eigenvalue weighted by atomic mass is 19.2. The van der Waals surface area contributed by atoms with E-state index < -0.39 is 29.8 Å². The van der Waals surface area contributed by atoms with Gasteiger partial charge in [-0.25, -0.2) is 13.6 Å². The SMILES string of the molecule is Cc1ccc(CCNC(=O)NC(C)C(O)c2ccc(F)c(F)c2)cn1. The van der Waals surface area contributed by atoms with Gasteiger partial charge in [0.25, 0.3) is 0 Å². The normalized spacial score (nSPS) is 13.2. The molecule has 0 fully saturated rings. The summed E-state index contributed by atoms with van der Waals surface area (Å²) in [5, 5.41) is 15.4. The first-order valence-electron chi connectivity index (χ1n) is 7.95. The van der Waals surface area contributed by atoms with Crippen molar-refractivity contribution in [2.24, 2.45) is 0 Å². The maximum atomic E-state index is 13.2. The quantitative estimate of drug-likeness (QED) is 0.751. The van der Waals surface area contributed by atoms with Gasteiger partial charge in [-0.05, 0) is 49.6 Å². The largest absolute Gasteiger partial charge is 0.386 e. The molecule has 0 bridgehead atoms. The van der Waals surface area contributed by atoms with Crippen LogP contribution in [0.15, 0.2) is 36.5 Å². The molecule has 134 valence electrons. The van der Waals surface area contributed by atoms with Gasteiger partial charge in [-0.3, -0.25) is 4.98 Å². The van der Waals surface area contributed by atoms with Crippen molar-refractivity contribution in [3.05, 3.63) is 65.0 Å². The molecule has 5 nitrogen and oxygen atoms in total. The van der Waals surface area contributed by atoms with Crippen LogP contribution in [0.4, 0.5) is 13.6 Å². The van der Waals surface area contributed by atoms with Gasteiger partial charge in [0.15, 0.2) is 11.6 Å². The highest BCUT2D eigenvalue weighted by Gasteiger charge is 2.19. The molecule has 0 radical (unpaired) electrons. The number of rotatable bonds is 6.